The van der Waals surface area contributed by atoms with Crippen molar-refractivity contribution in [1.82, 2.24) is 0 Å². The molecule has 0 aliphatic heterocycles. The molecule has 0 N–H and O–H groups in total. The van der Waals surface area contributed by atoms with Crippen LogP contribution >= 0.6 is 0 Å². The number of benzene rings is 2. The number of aryl methyl sites for hydroxylation is 2. The molecule has 0 radical (unpaired) electrons. The van der Waals surface area contributed by atoms with Crippen LogP contribution in [0.4, 0.5) is 0 Å². The molecular formula is C20H32O3. The predicted octanol–water partition coefficient (Wildman–Crippen LogP) is 5.68. The molecule has 0 bridgehead atoms. The third-order valence-corrected chi connectivity index (χ3v) is 2.87. The van der Waals surface area contributed by atoms with Crippen molar-refractivity contribution in [1.29, 1.82) is 0 Å². The minimum absolute atomic E-state index is 0. The Hall–Kier alpha value is -2.16. The fraction of sp³-hybridized carbons (Fsp3) is 0.400. The molecular weight excluding hydrogens is 288 g/mol. The van der Waals surface area contributed by atoms with Crippen molar-refractivity contribution >= 4 is 0 Å². The van der Waals surface area contributed by atoms with Crippen molar-refractivity contribution < 1.29 is 14.2 Å². The molecule has 0 fully saturated rings. The first-order valence-corrected chi connectivity index (χ1v) is 7.40. The van der Waals surface area contributed by atoms with Crippen molar-refractivity contribution in [2.75, 3.05) is 21.3 Å². The Bertz CT molecular complexity index is 519. The summed E-state index contributed by atoms with van der Waals surface area (Å²) in [4.78, 5) is 0. The van der Waals surface area contributed by atoms with E-state index in [4.69, 9.17) is 14.2 Å². The van der Waals surface area contributed by atoms with Crippen molar-refractivity contribution in [3.63, 3.8) is 0 Å². The van der Waals surface area contributed by atoms with Gasteiger partial charge in [-0.15, -0.1) is 0 Å². The van der Waals surface area contributed by atoms with E-state index < -0.39 is 0 Å². The lowest BCUT2D eigenvalue weighted by atomic mass is 10.2. The zero-order chi connectivity index (χ0) is 17.0. The first-order chi connectivity index (χ1) is 10.6. The number of methoxy groups -OCH3 is 3. The highest BCUT2D eigenvalue weighted by Crippen LogP contribution is 2.23. The van der Waals surface area contributed by atoms with Crippen molar-refractivity contribution in [3.8, 4) is 17.2 Å². The van der Waals surface area contributed by atoms with Crippen LogP contribution in [0.25, 0.3) is 0 Å². The molecule has 23 heavy (non-hydrogen) atoms. The highest BCUT2D eigenvalue weighted by atomic mass is 16.5. The van der Waals surface area contributed by atoms with Gasteiger partial charge in [-0.2, -0.15) is 0 Å². The van der Waals surface area contributed by atoms with E-state index in [2.05, 4.69) is 6.92 Å². The highest BCUT2D eigenvalue weighted by Gasteiger charge is 1.98. The lowest BCUT2D eigenvalue weighted by molar-refractivity contribution is 0.392. The van der Waals surface area contributed by atoms with Gasteiger partial charge in [0.15, 0.2) is 0 Å². The van der Waals surface area contributed by atoms with Crippen LogP contribution in [0.5, 0.6) is 17.2 Å². The van der Waals surface area contributed by atoms with Crippen LogP contribution in [-0.4, -0.2) is 21.3 Å². The van der Waals surface area contributed by atoms with Gasteiger partial charge in [0.05, 0.1) is 21.3 Å². The van der Waals surface area contributed by atoms with Gasteiger partial charge in [-0.05, 0) is 37.6 Å². The summed E-state index contributed by atoms with van der Waals surface area (Å²) in [5, 5.41) is 0. The van der Waals surface area contributed by atoms with Crippen LogP contribution in [0.1, 0.15) is 32.4 Å². The summed E-state index contributed by atoms with van der Waals surface area (Å²) in [6.07, 6.45) is 0. The van der Waals surface area contributed by atoms with Gasteiger partial charge in [-0.3, -0.25) is 0 Å². The van der Waals surface area contributed by atoms with Gasteiger partial charge in [0, 0.05) is 6.07 Å². The fourth-order valence-corrected chi connectivity index (χ4v) is 1.60. The largest absolute Gasteiger partial charge is 0.497 e. The molecule has 3 nitrogen and oxygen atoms in total. The number of hydrogen-bond donors (Lipinski definition) is 0. The van der Waals surface area contributed by atoms with E-state index in [0.29, 0.717) is 0 Å². The number of hydrogen-bond acceptors (Lipinski definition) is 3. The Labute approximate surface area is 142 Å². The second kappa shape index (κ2) is 13.5. The molecule has 0 saturated carbocycles. The smallest absolute Gasteiger partial charge is 0.125 e. The molecule has 0 saturated heterocycles. The zero-order valence-electron chi connectivity index (χ0n) is 14.8. The van der Waals surface area contributed by atoms with Gasteiger partial charge in [0.25, 0.3) is 0 Å². The molecule has 130 valence electrons. The van der Waals surface area contributed by atoms with Crippen LogP contribution in [0.15, 0.2) is 42.5 Å². The SMILES string of the molecule is C.CC.COc1ccc(C)c(OC)c1.COc1ccc(C)cc1. The molecule has 0 heterocycles. The van der Waals surface area contributed by atoms with Gasteiger partial charge in [0.1, 0.15) is 17.2 Å². The third kappa shape index (κ3) is 8.77. The van der Waals surface area contributed by atoms with Crippen LogP contribution in [0.2, 0.25) is 0 Å². The molecule has 2 aromatic carbocycles. The Morgan fingerprint density at radius 1 is 0.652 bits per heavy atom. The first kappa shape index (κ1) is 23.1. The van der Waals surface area contributed by atoms with Gasteiger partial charge < -0.3 is 14.2 Å². The molecule has 0 spiro atoms. The average molecular weight is 320 g/mol. The van der Waals surface area contributed by atoms with E-state index in [-0.39, 0.29) is 7.43 Å². The molecule has 0 atom stereocenters. The topological polar surface area (TPSA) is 27.7 Å². The monoisotopic (exact) mass is 320 g/mol. The van der Waals surface area contributed by atoms with E-state index in [9.17, 15) is 0 Å². The van der Waals surface area contributed by atoms with Crippen molar-refractivity contribution in [2.24, 2.45) is 0 Å². The summed E-state index contributed by atoms with van der Waals surface area (Å²) in [7, 11) is 4.97. The summed E-state index contributed by atoms with van der Waals surface area (Å²) in [5.74, 6) is 2.61. The molecule has 0 aliphatic rings. The van der Waals surface area contributed by atoms with Gasteiger partial charge in [0.2, 0.25) is 0 Å². The van der Waals surface area contributed by atoms with E-state index in [1.165, 1.54) is 5.56 Å². The van der Waals surface area contributed by atoms with E-state index in [1.54, 1.807) is 21.3 Å². The van der Waals surface area contributed by atoms with E-state index in [1.807, 2.05) is 63.2 Å². The van der Waals surface area contributed by atoms with Gasteiger partial charge in [-0.25, -0.2) is 0 Å². The molecule has 0 amide bonds. The Kier molecular flexibility index (Phi) is 13.6. The molecule has 0 aliphatic carbocycles. The molecule has 0 unspecified atom stereocenters. The lowest BCUT2D eigenvalue weighted by Gasteiger charge is -2.05. The minimum atomic E-state index is 0. The Morgan fingerprint density at radius 2 is 1.13 bits per heavy atom. The first-order valence-electron chi connectivity index (χ1n) is 7.40. The third-order valence-electron chi connectivity index (χ3n) is 2.87. The lowest BCUT2D eigenvalue weighted by Crippen LogP contribution is -1.88. The van der Waals surface area contributed by atoms with Crippen molar-refractivity contribution in [3.05, 3.63) is 53.6 Å². The normalized spacial score (nSPS) is 8.30. The average Bonchev–Trinajstić information content (AvgIpc) is 2.58. The van der Waals surface area contributed by atoms with Crippen LogP contribution < -0.4 is 14.2 Å². The molecule has 3 heteroatoms. The Balaban J connectivity index is 0. The number of rotatable bonds is 3. The maximum absolute atomic E-state index is 5.11. The molecule has 2 rings (SSSR count). The summed E-state index contributed by atoms with van der Waals surface area (Å²) in [6.45, 7) is 8.05. The summed E-state index contributed by atoms with van der Waals surface area (Å²) >= 11 is 0. The maximum atomic E-state index is 5.11. The minimum Gasteiger partial charge on any atom is -0.497 e. The standard InChI is InChI=1S/C9H12O2.C8H10O.C2H6.CH4/c1-7-4-5-8(10-2)6-9(7)11-3;1-7-3-5-8(9-2)6-4-7;1-2;/h4-6H,1-3H3;3-6H,1-2H3;1-2H3;1H4. The van der Waals surface area contributed by atoms with Gasteiger partial charge in [-0.1, -0.05) is 45.0 Å². The summed E-state index contributed by atoms with van der Waals surface area (Å²) < 4.78 is 15.1. The maximum Gasteiger partial charge on any atom is 0.125 e. The quantitative estimate of drug-likeness (QED) is 0.728. The molecule has 0 aromatic heterocycles. The predicted molar refractivity (Wildman–Crippen MR) is 100 cm³/mol. The van der Waals surface area contributed by atoms with E-state index >= 15 is 0 Å². The fourth-order valence-electron chi connectivity index (χ4n) is 1.60. The van der Waals surface area contributed by atoms with Crippen LogP contribution in [0, 0.1) is 13.8 Å². The zero-order valence-corrected chi connectivity index (χ0v) is 14.8. The second-order valence-corrected chi connectivity index (χ2v) is 4.35. The Morgan fingerprint density at radius 3 is 1.57 bits per heavy atom. The second-order valence-electron chi connectivity index (χ2n) is 4.35. The number of ether oxygens (including phenoxy) is 3. The molecule has 2 aromatic rings. The van der Waals surface area contributed by atoms with Crippen LogP contribution in [-0.2, 0) is 0 Å². The van der Waals surface area contributed by atoms with E-state index in [0.717, 1.165) is 22.8 Å². The van der Waals surface area contributed by atoms with Gasteiger partial charge >= 0.3 is 0 Å². The summed E-state index contributed by atoms with van der Waals surface area (Å²) in [5.41, 5.74) is 2.38. The summed E-state index contributed by atoms with van der Waals surface area (Å²) in [6, 6.07) is 13.7. The highest BCUT2D eigenvalue weighted by molar-refractivity contribution is 5.39. The van der Waals surface area contributed by atoms with Crippen LogP contribution in [0.3, 0.4) is 0 Å². The van der Waals surface area contributed by atoms with Crippen molar-refractivity contribution in [2.45, 2.75) is 35.1 Å².